The predicted molar refractivity (Wildman–Crippen MR) is 95.7 cm³/mol. The molecule has 0 atom stereocenters. The minimum atomic E-state index is -1.09. The number of rotatable bonds is 5. The highest BCUT2D eigenvalue weighted by atomic mass is 16.5. The van der Waals surface area contributed by atoms with Crippen LogP contribution in [0.25, 0.3) is 10.9 Å². The molecule has 0 spiro atoms. The second-order valence-corrected chi connectivity index (χ2v) is 6.70. The maximum Gasteiger partial charge on any atom is 0.326 e. The summed E-state index contributed by atoms with van der Waals surface area (Å²) < 4.78 is 6.22. The fourth-order valence-electron chi connectivity index (χ4n) is 2.84. The molecule has 1 aliphatic rings. The molecule has 1 aromatic carbocycles. The molecule has 0 aliphatic carbocycles. The van der Waals surface area contributed by atoms with Crippen molar-refractivity contribution in [3.8, 4) is 6.07 Å². The van der Waals surface area contributed by atoms with E-state index in [-0.39, 0.29) is 19.0 Å². The van der Waals surface area contributed by atoms with Gasteiger partial charge < -0.3 is 10.1 Å². The molecule has 144 valence electrons. The number of carbonyl (C=O) groups is 3. The Hall–Kier alpha value is -3.74. The SMILES string of the molecule is CC1(C)NC(=O)N(CC(=O)OCc2nc3ccccc3c(=O)n2CC#N)C1=O. The lowest BCUT2D eigenvalue weighted by Gasteiger charge is -2.16. The first-order valence-corrected chi connectivity index (χ1v) is 8.40. The second kappa shape index (κ2) is 7.11. The molecule has 0 unspecified atom stereocenters. The number of nitrogens with zero attached hydrogens (tertiary/aromatic N) is 4. The van der Waals surface area contributed by atoms with Gasteiger partial charge in [-0.2, -0.15) is 5.26 Å². The normalized spacial score (nSPS) is 15.4. The van der Waals surface area contributed by atoms with Crippen LogP contribution in [0, 0.1) is 11.3 Å². The zero-order chi connectivity index (χ0) is 20.5. The van der Waals surface area contributed by atoms with Crippen LogP contribution in [0.3, 0.4) is 0 Å². The van der Waals surface area contributed by atoms with E-state index in [1.807, 2.05) is 6.07 Å². The van der Waals surface area contributed by atoms with Crippen LogP contribution in [0.1, 0.15) is 19.7 Å². The minimum Gasteiger partial charge on any atom is -0.456 e. The number of para-hydroxylation sites is 1. The predicted octanol–water partition coefficient (Wildman–Crippen LogP) is 0.294. The van der Waals surface area contributed by atoms with Crippen LogP contribution >= 0.6 is 0 Å². The van der Waals surface area contributed by atoms with Crippen molar-refractivity contribution in [3.05, 3.63) is 40.4 Å². The standard InChI is InChI=1S/C18H17N5O5/c1-18(2)16(26)23(17(27)21-18)9-14(24)28-10-13-20-12-6-4-3-5-11(12)15(25)22(13)8-7-19/h3-6H,8-10H2,1-2H3,(H,21,27). The molecule has 1 saturated heterocycles. The summed E-state index contributed by atoms with van der Waals surface area (Å²) in [6.45, 7) is 1.85. The Kier molecular flexibility index (Phi) is 4.83. The number of benzene rings is 1. The van der Waals surface area contributed by atoms with Crippen molar-refractivity contribution in [2.24, 2.45) is 0 Å². The first kappa shape index (κ1) is 19.0. The maximum absolute atomic E-state index is 12.5. The molecular weight excluding hydrogens is 366 g/mol. The second-order valence-electron chi connectivity index (χ2n) is 6.70. The number of hydrogen-bond acceptors (Lipinski definition) is 7. The van der Waals surface area contributed by atoms with Gasteiger partial charge >= 0.3 is 12.0 Å². The van der Waals surface area contributed by atoms with E-state index in [2.05, 4.69) is 10.3 Å². The molecule has 28 heavy (non-hydrogen) atoms. The van der Waals surface area contributed by atoms with E-state index in [0.29, 0.717) is 10.9 Å². The highest BCUT2D eigenvalue weighted by Crippen LogP contribution is 2.16. The number of esters is 1. The van der Waals surface area contributed by atoms with Gasteiger partial charge in [0.15, 0.2) is 5.82 Å². The number of urea groups is 1. The zero-order valence-electron chi connectivity index (χ0n) is 15.3. The average molecular weight is 383 g/mol. The van der Waals surface area contributed by atoms with Crippen molar-refractivity contribution in [1.82, 2.24) is 19.8 Å². The van der Waals surface area contributed by atoms with Gasteiger partial charge in [-0.3, -0.25) is 23.9 Å². The van der Waals surface area contributed by atoms with Crippen molar-refractivity contribution in [2.45, 2.75) is 32.5 Å². The summed E-state index contributed by atoms with van der Waals surface area (Å²) >= 11 is 0. The number of aromatic nitrogens is 2. The summed E-state index contributed by atoms with van der Waals surface area (Å²) in [5.74, 6) is -1.29. The number of imide groups is 1. The number of fused-ring (bicyclic) bond motifs is 1. The Bertz CT molecular complexity index is 1080. The van der Waals surface area contributed by atoms with Crippen molar-refractivity contribution in [1.29, 1.82) is 5.26 Å². The average Bonchev–Trinajstić information content (AvgIpc) is 2.84. The summed E-state index contributed by atoms with van der Waals surface area (Å²) in [5, 5.41) is 11.8. The highest BCUT2D eigenvalue weighted by molar-refractivity contribution is 6.08. The number of carbonyl (C=O) groups excluding carboxylic acids is 3. The number of amides is 3. The van der Waals surface area contributed by atoms with Crippen LogP contribution in [0.2, 0.25) is 0 Å². The smallest absolute Gasteiger partial charge is 0.326 e. The minimum absolute atomic E-state index is 0.0936. The monoisotopic (exact) mass is 383 g/mol. The number of nitrogens with one attached hydrogen (secondary N) is 1. The van der Waals surface area contributed by atoms with Crippen LogP contribution in [-0.2, 0) is 27.5 Å². The van der Waals surface area contributed by atoms with Crippen molar-refractivity contribution < 1.29 is 19.1 Å². The van der Waals surface area contributed by atoms with E-state index in [0.717, 1.165) is 9.47 Å². The largest absolute Gasteiger partial charge is 0.456 e. The van der Waals surface area contributed by atoms with Gasteiger partial charge in [0.2, 0.25) is 0 Å². The van der Waals surface area contributed by atoms with E-state index in [9.17, 15) is 19.2 Å². The van der Waals surface area contributed by atoms with Crippen LogP contribution < -0.4 is 10.9 Å². The first-order valence-electron chi connectivity index (χ1n) is 8.40. The van der Waals surface area contributed by atoms with Crippen molar-refractivity contribution >= 4 is 28.8 Å². The molecule has 10 nitrogen and oxygen atoms in total. The zero-order valence-corrected chi connectivity index (χ0v) is 15.3. The van der Waals surface area contributed by atoms with Gasteiger partial charge in [-0.05, 0) is 26.0 Å². The van der Waals surface area contributed by atoms with Gasteiger partial charge in [-0.15, -0.1) is 0 Å². The lowest BCUT2D eigenvalue weighted by atomic mass is 10.1. The Labute approximate surface area is 159 Å². The maximum atomic E-state index is 12.5. The molecule has 1 aromatic heterocycles. The van der Waals surface area contributed by atoms with Gasteiger partial charge in [-0.25, -0.2) is 9.78 Å². The van der Waals surface area contributed by atoms with E-state index >= 15 is 0 Å². The van der Waals surface area contributed by atoms with Crippen LogP contribution in [0.4, 0.5) is 4.79 Å². The highest BCUT2D eigenvalue weighted by Gasteiger charge is 2.45. The molecule has 10 heteroatoms. The Morgan fingerprint density at radius 2 is 2.00 bits per heavy atom. The summed E-state index contributed by atoms with van der Waals surface area (Å²) in [7, 11) is 0. The molecular formula is C18H17N5O5. The van der Waals surface area contributed by atoms with Crippen LogP contribution in [0.15, 0.2) is 29.1 Å². The number of ether oxygens (including phenoxy) is 1. The van der Waals surface area contributed by atoms with Crippen LogP contribution in [0.5, 0.6) is 0 Å². The third-order valence-electron chi connectivity index (χ3n) is 4.26. The molecule has 3 rings (SSSR count). The lowest BCUT2D eigenvalue weighted by molar-refractivity contribution is -0.148. The van der Waals surface area contributed by atoms with Crippen LogP contribution in [-0.4, -0.2) is 44.4 Å². The first-order chi connectivity index (χ1) is 13.2. The van der Waals surface area contributed by atoms with E-state index < -0.39 is 35.6 Å². The molecule has 2 aromatic rings. The van der Waals surface area contributed by atoms with Gasteiger partial charge in [-0.1, -0.05) is 12.1 Å². The summed E-state index contributed by atoms with van der Waals surface area (Å²) in [5.41, 5.74) is -1.11. The van der Waals surface area contributed by atoms with Gasteiger partial charge in [0, 0.05) is 0 Å². The summed E-state index contributed by atoms with van der Waals surface area (Å²) in [6.07, 6.45) is 0. The lowest BCUT2D eigenvalue weighted by Crippen LogP contribution is -2.41. The van der Waals surface area contributed by atoms with E-state index in [1.54, 1.807) is 24.3 Å². The Morgan fingerprint density at radius 1 is 1.29 bits per heavy atom. The number of nitriles is 1. The third-order valence-corrected chi connectivity index (χ3v) is 4.26. The van der Waals surface area contributed by atoms with Crippen molar-refractivity contribution in [3.63, 3.8) is 0 Å². The number of hydrogen-bond donors (Lipinski definition) is 1. The molecule has 0 saturated carbocycles. The summed E-state index contributed by atoms with van der Waals surface area (Å²) in [6, 6.07) is 7.80. The Balaban J connectivity index is 1.78. The van der Waals surface area contributed by atoms with Gasteiger partial charge in [0.05, 0.1) is 17.0 Å². The molecule has 1 N–H and O–H groups in total. The molecule has 0 bridgehead atoms. The molecule has 2 heterocycles. The topological polar surface area (TPSA) is 134 Å². The molecule has 0 radical (unpaired) electrons. The van der Waals surface area contributed by atoms with Gasteiger partial charge in [0.1, 0.15) is 25.2 Å². The van der Waals surface area contributed by atoms with Crippen molar-refractivity contribution in [2.75, 3.05) is 6.54 Å². The molecule has 1 fully saturated rings. The molecule has 1 aliphatic heterocycles. The summed E-state index contributed by atoms with van der Waals surface area (Å²) in [4.78, 5) is 53.7. The fraction of sp³-hybridized carbons (Fsp3) is 0.333. The third kappa shape index (κ3) is 3.42. The van der Waals surface area contributed by atoms with E-state index in [1.165, 1.54) is 13.8 Å². The Morgan fingerprint density at radius 3 is 2.64 bits per heavy atom. The quantitative estimate of drug-likeness (QED) is 0.579. The fourth-order valence-corrected chi connectivity index (χ4v) is 2.84. The van der Waals surface area contributed by atoms with E-state index in [4.69, 9.17) is 10.00 Å². The molecule has 3 amide bonds. The van der Waals surface area contributed by atoms with Gasteiger partial charge in [0.25, 0.3) is 11.5 Å².